The smallest absolute Gasteiger partial charge is 0.343 e. The van der Waals surface area contributed by atoms with Gasteiger partial charge in [-0.15, -0.1) is 0 Å². The molecule has 0 fully saturated rings. The summed E-state index contributed by atoms with van der Waals surface area (Å²) in [4.78, 5) is 35.9. The fraction of sp³-hybridized carbons (Fsp3) is 0.346. The van der Waals surface area contributed by atoms with E-state index in [1.807, 2.05) is 32.0 Å². The van der Waals surface area contributed by atoms with Crippen molar-refractivity contribution < 1.29 is 19.1 Å². The number of ketones is 2. The molecule has 0 N–H and O–H groups in total. The average Bonchev–Trinajstić information content (AvgIpc) is 2.79. The fourth-order valence-corrected chi connectivity index (χ4v) is 3.21. The summed E-state index contributed by atoms with van der Waals surface area (Å²) in [6.07, 6.45) is 8.04. The summed E-state index contributed by atoms with van der Waals surface area (Å²) in [5.74, 6) is -0.203. The topological polar surface area (TPSA) is 60.4 Å². The summed E-state index contributed by atoms with van der Waals surface area (Å²) < 4.78 is 5.38. The van der Waals surface area contributed by atoms with E-state index in [4.69, 9.17) is 4.74 Å². The summed E-state index contributed by atoms with van der Waals surface area (Å²) in [6.45, 7) is 3.62. The van der Waals surface area contributed by atoms with Crippen LogP contribution in [0.2, 0.25) is 0 Å². The van der Waals surface area contributed by atoms with Gasteiger partial charge < -0.3 is 4.74 Å². The first-order valence-corrected chi connectivity index (χ1v) is 10.6. The molecule has 2 aromatic carbocycles. The first-order chi connectivity index (χ1) is 14.5. The van der Waals surface area contributed by atoms with Crippen LogP contribution in [-0.4, -0.2) is 17.5 Å². The zero-order valence-electron chi connectivity index (χ0n) is 17.8. The van der Waals surface area contributed by atoms with Gasteiger partial charge in [-0.3, -0.25) is 9.59 Å². The summed E-state index contributed by atoms with van der Waals surface area (Å²) in [7, 11) is 0. The number of rotatable bonds is 12. The number of carbonyl (C=O) groups excluding carboxylic acids is 3. The highest BCUT2D eigenvalue weighted by Gasteiger charge is 2.22. The van der Waals surface area contributed by atoms with Crippen LogP contribution in [0.4, 0.5) is 0 Å². The van der Waals surface area contributed by atoms with Crippen LogP contribution in [0.3, 0.4) is 0 Å². The molecule has 0 spiro atoms. The summed E-state index contributed by atoms with van der Waals surface area (Å²) in [6, 6.07) is 16.4. The lowest BCUT2D eigenvalue weighted by molar-refractivity contribution is -0.132. The third-order valence-corrected chi connectivity index (χ3v) is 5.01. The molecule has 0 heterocycles. The highest BCUT2D eigenvalue weighted by atomic mass is 16.5. The minimum atomic E-state index is -0.448. The summed E-state index contributed by atoms with van der Waals surface area (Å²) in [5, 5.41) is 0. The Bertz CT molecular complexity index is 834. The number of allylic oxidation sites excluding steroid dienone is 2. The van der Waals surface area contributed by atoms with E-state index in [-0.39, 0.29) is 17.5 Å². The van der Waals surface area contributed by atoms with Gasteiger partial charge in [0.2, 0.25) is 0 Å². The van der Waals surface area contributed by atoms with E-state index in [2.05, 4.69) is 12.2 Å². The Hall–Kier alpha value is -3.01. The standard InChI is InChI=1S/C26H30O4/c1-3-24(27)23(25(28)4-2)15-11-6-5-8-12-20-16-18-22(19-17-20)30-26(29)21-13-9-7-10-14-21/h5-7,9-10,13-14,16-19,23H,3-4,8,11-12,15H2,1-2H3. The van der Waals surface area contributed by atoms with Crippen LogP contribution < -0.4 is 4.74 Å². The molecule has 0 amide bonds. The molecule has 4 nitrogen and oxygen atoms in total. The normalized spacial score (nSPS) is 11.0. The van der Waals surface area contributed by atoms with E-state index < -0.39 is 5.92 Å². The van der Waals surface area contributed by atoms with Crippen molar-refractivity contribution >= 4 is 17.5 Å². The Balaban J connectivity index is 1.75. The molecule has 30 heavy (non-hydrogen) atoms. The molecule has 0 atom stereocenters. The molecule has 0 aliphatic rings. The van der Waals surface area contributed by atoms with E-state index >= 15 is 0 Å². The highest BCUT2D eigenvalue weighted by molar-refractivity contribution is 6.02. The van der Waals surface area contributed by atoms with Gasteiger partial charge in [0.25, 0.3) is 0 Å². The van der Waals surface area contributed by atoms with E-state index in [1.165, 1.54) is 0 Å². The molecule has 158 valence electrons. The van der Waals surface area contributed by atoms with Crippen LogP contribution in [0.15, 0.2) is 66.7 Å². The van der Waals surface area contributed by atoms with Crippen molar-refractivity contribution in [3.8, 4) is 5.75 Å². The molecule has 4 heteroatoms. The molecule has 0 radical (unpaired) electrons. The minimum Gasteiger partial charge on any atom is -0.423 e. The van der Waals surface area contributed by atoms with Crippen LogP contribution >= 0.6 is 0 Å². The lowest BCUT2D eigenvalue weighted by Gasteiger charge is -2.11. The number of carbonyl (C=O) groups is 3. The Morgan fingerprint density at radius 3 is 2.03 bits per heavy atom. The number of hydrogen-bond acceptors (Lipinski definition) is 4. The van der Waals surface area contributed by atoms with Gasteiger partial charge in [0.15, 0.2) is 0 Å². The number of aryl methyl sites for hydroxylation is 1. The van der Waals surface area contributed by atoms with Gasteiger partial charge in [-0.25, -0.2) is 4.79 Å². The number of esters is 1. The van der Waals surface area contributed by atoms with E-state index in [1.54, 1.807) is 36.4 Å². The summed E-state index contributed by atoms with van der Waals surface area (Å²) in [5.41, 5.74) is 1.68. The van der Waals surface area contributed by atoms with Gasteiger partial charge >= 0.3 is 5.97 Å². The lowest BCUT2D eigenvalue weighted by Crippen LogP contribution is -2.22. The van der Waals surface area contributed by atoms with Crippen LogP contribution in [0.25, 0.3) is 0 Å². The highest BCUT2D eigenvalue weighted by Crippen LogP contribution is 2.17. The van der Waals surface area contributed by atoms with Crippen molar-refractivity contribution in [2.45, 2.75) is 52.4 Å². The Morgan fingerprint density at radius 2 is 1.43 bits per heavy atom. The maximum atomic E-state index is 12.1. The van der Waals surface area contributed by atoms with Gasteiger partial charge in [0.1, 0.15) is 17.3 Å². The molecule has 0 aromatic heterocycles. The quantitative estimate of drug-likeness (QED) is 0.195. The van der Waals surface area contributed by atoms with Gasteiger partial charge in [-0.1, -0.05) is 56.3 Å². The molecular formula is C26H30O4. The molecular weight excluding hydrogens is 376 g/mol. The lowest BCUT2D eigenvalue weighted by atomic mass is 9.91. The van der Waals surface area contributed by atoms with Crippen molar-refractivity contribution in [3.05, 3.63) is 77.9 Å². The predicted molar refractivity (Wildman–Crippen MR) is 119 cm³/mol. The molecule has 0 saturated carbocycles. The first kappa shape index (κ1) is 23.3. The maximum Gasteiger partial charge on any atom is 0.343 e. The molecule has 0 aliphatic heterocycles. The third kappa shape index (κ3) is 7.43. The predicted octanol–water partition coefficient (Wildman–Crippen LogP) is 5.75. The number of Topliss-reactive ketones (excluding diaryl/α,β-unsaturated/α-hetero) is 2. The van der Waals surface area contributed by atoms with Crippen molar-refractivity contribution in [1.29, 1.82) is 0 Å². The number of hydrogen-bond donors (Lipinski definition) is 0. The molecule has 0 unspecified atom stereocenters. The second kappa shape index (κ2) is 12.5. The zero-order chi connectivity index (χ0) is 21.8. The van der Waals surface area contributed by atoms with Gasteiger partial charge in [0, 0.05) is 12.8 Å². The molecule has 0 aliphatic carbocycles. The Morgan fingerprint density at radius 1 is 0.833 bits per heavy atom. The first-order valence-electron chi connectivity index (χ1n) is 10.6. The number of benzene rings is 2. The zero-order valence-corrected chi connectivity index (χ0v) is 17.8. The average molecular weight is 407 g/mol. The number of ether oxygens (including phenoxy) is 1. The van der Waals surface area contributed by atoms with Gasteiger partial charge in [0.05, 0.1) is 11.5 Å². The van der Waals surface area contributed by atoms with Crippen LogP contribution in [0.5, 0.6) is 5.75 Å². The van der Waals surface area contributed by atoms with Crippen LogP contribution in [0, 0.1) is 5.92 Å². The molecule has 0 saturated heterocycles. The van der Waals surface area contributed by atoms with Crippen molar-refractivity contribution in [2.24, 2.45) is 5.92 Å². The fourth-order valence-electron chi connectivity index (χ4n) is 3.21. The molecule has 0 bridgehead atoms. The second-order valence-corrected chi connectivity index (χ2v) is 7.18. The van der Waals surface area contributed by atoms with Crippen molar-refractivity contribution in [2.75, 3.05) is 0 Å². The maximum absolute atomic E-state index is 12.1. The molecule has 2 rings (SSSR count). The van der Waals surface area contributed by atoms with Crippen LogP contribution in [-0.2, 0) is 16.0 Å². The van der Waals surface area contributed by atoms with E-state index in [0.717, 1.165) is 24.8 Å². The van der Waals surface area contributed by atoms with E-state index in [0.29, 0.717) is 30.6 Å². The van der Waals surface area contributed by atoms with Gasteiger partial charge in [-0.2, -0.15) is 0 Å². The summed E-state index contributed by atoms with van der Waals surface area (Å²) >= 11 is 0. The SMILES string of the molecule is CCC(=O)C(CCC=CCCc1ccc(OC(=O)c2ccccc2)cc1)C(=O)CC. The minimum absolute atomic E-state index is 0.0447. The third-order valence-electron chi connectivity index (χ3n) is 5.01. The largest absolute Gasteiger partial charge is 0.423 e. The Labute approximate surface area is 179 Å². The van der Waals surface area contributed by atoms with Crippen molar-refractivity contribution in [1.82, 2.24) is 0 Å². The van der Waals surface area contributed by atoms with Crippen LogP contribution in [0.1, 0.15) is 61.9 Å². The van der Waals surface area contributed by atoms with Gasteiger partial charge in [-0.05, 0) is 55.5 Å². The molecule has 2 aromatic rings. The monoisotopic (exact) mass is 406 g/mol. The van der Waals surface area contributed by atoms with E-state index in [9.17, 15) is 14.4 Å². The Kier molecular flexibility index (Phi) is 9.72. The second-order valence-electron chi connectivity index (χ2n) is 7.18. The van der Waals surface area contributed by atoms with Crippen molar-refractivity contribution in [3.63, 3.8) is 0 Å².